The first-order valence-corrected chi connectivity index (χ1v) is 5.57. The van der Waals surface area contributed by atoms with Crippen molar-refractivity contribution in [2.24, 2.45) is 5.92 Å². The molecule has 84 valence electrons. The summed E-state index contributed by atoms with van der Waals surface area (Å²) in [5, 5.41) is 12.2. The second kappa shape index (κ2) is 7.37. The van der Waals surface area contributed by atoms with Crippen molar-refractivity contribution >= 4 is 0 Å². The van der Waals surface area contributed by atoms with E-state index in [1.54, 1.807) is 6.20 Å². The van der Waals surface area contributed by atoms with Gasteiger partial charge in [0.15, 0.2) is 0 Å². The van der Waals surface area contributed by atoms with Crippen LogP contribution in [0.5, 0.6) is 0 Å². The maximum Gasteiger partial charge on any atom is 0.0434 e. The van der Waals surface area contributed by atoms with Gasteiger partial charge in [0.2, 0.25) is 0 Å². The first-order chi connectivity index (χ1) is 7.36. The van der Waals surface area contributed by atoms with Crippen molar-refractivity contribution in [1.29, 1.82) is 0 Å². The largest absolute Gasteiger partial charge is 0.396 e. The third-order valence-corrected chi connectivity index (χ3v) is 2.60. The minimum absolute atomic E-state index is 0.285. The van der Waals surface area contributed by atoms with E-state index in [1.165, 1.54) is 5.56 Å². The number of nitrogens with zero attached hydrogens (tertiary/aromatic N) is 1. The number of hydrogen-bond acceptors (Lipinski definition) is 3. The van der Waals surface area contributed by atoms with Crippen LogP contribution in [0.25, 0.3) is 0 Å². The molecule has 0 aliphatic carbocycles. The molecular formula is C12H20N2O. The average molecular weight is 208 g/mol. The second-order valence-corrected chi connectivity index (χ2v) is 3.78. The molecule has 1 atom stereocenters. The van der Waals surface area contributed by atoms with Gasteiger partial charge in [-0.05, 0) is 30.5 Å². The van der Waals surface area contributed by atoms with E-state index in [0.29, 0.717) is 5.92 Å². The molecule has 1 aromatic heterocycles. The van der Waals surface area contributed by atoms with E-state index in [0.717, 1.165) is 25.9 Å². The zero-order chi connectivity index (χ0) is 10.9. The van der Waals surface area contributed by atoms with Gasteiger partial charge in [0.05, 0.1) is 0 Å². The Kier molecular flexibility index (Phi) is 5.97. The molecule has 1 unspecified atom stereocenters. The number of aliphatic hydroxyl groups excluding tert-OH is 1. The first kappa shape index (κ1) is 12.1. The van der Waals surface area contributed by atoms with Gasteiger partial charge in [-0.3, -0.25) is 4.98 Å². The van der Waals surface area contributed by atoms with Crippen LogP contribution in [0.3, 0.4) is 0 Å². The molecule has 0 aliphatic heterocycles. The van der Waals surface area contributed by atoms with Crippen molar-refractivity contribution < 1.29 is 5.11 Å². The zero-order valence-electron chi connectivity index (χ0n) is 9.32. The third kappa shape index (κ3) is 4.91. The molecule has 1 rings (SSSR count). The highest BCUT2D eigenvalue weighted by molar-refractivity contribution is 5.07. The fraction of sp³-hybridized carbons (Fsp3) is 0.583. The molecule has 1 heterocycles. The van der Waals surface area contributed by atoms with Gasteiger partial charge in [-0.2, -0.15) is 0 Å². The van der Waals surface area contributed by atoms with Crippen LogP contribution in [-0.4, -0.2) is 23.2 Å². The van der Waals surface area contributed by atoms with Crippen LogP contribution in [0.15, 0.2) is 24.5 Å². The molecular weight excluding hydrogens is 188 g/mol. The minimum atomic E-state index is 0.285. The highest BCUT2D eigenvalue weighted by Gasteiger charge is 2.04. The minimum Gasteiger partial charge on any atom is -0.396 e. The van der Waals surface area contributed by atoms with Gasteiger partial charge in [-0.15, -0.1) is 0 Å². The van der Waals surface area contributed by atoms with Crippen molar-refractivity contribution in [3.8, 4) is 0 Å². The number of rotatable bonds is 7. The summed E-state index contributed by atoms with van der Waals surface area (Å²) in [6.45, 7) is 4.26. The van der Waals surface area contributed by atoms with Crippen LogP contribution in [0.4, 0.5) is 0 Å². The number of pyridine rings is 1. The van der Waals surface area contributed by atoms with Gasteiger partial charge < -0.3 is 10.4 Å². The van der Waals surface area contributed by atoms with E-state index in [2.05, 4.69) is 23.3 Å². The second-order valence-electron chi connectivity index (χ2n) is 3.78. The highest BCUT2D eigenvalue weighted by atomic mass is 16.3. The van der Waals surface area contributed by atoms with Crippen molar-refractivity contribution in [1.82, 2.24) is 10.3 Å². The molecule has 15 heavy (non-hydrogen) atoms. The monoisotopic (exact) mass is 208 g/mol. The van der Waals surface area contributed by atoms with Crippen molar-refractivity contribution in [2.45, 2.75) is 26.3 Å². The average Bonchev–Trinajstić information content (AvgIpc) is 2.29. The quantitative estimate of drug-likeness (QED) is 0.715. The van der Waals surface area contributed by atoms with E-state index < -0.39 is 0 Å². The molecule has 3 nitrogen and oxygen atoms in total. The summed E-state index contributed by atoms with van der Waals surface area (Å²) < 4.78 is 0. The lowest BCUT2D eigenvalue weighted by atomic mass is 10.0. The summed E-state index contributed by atoms with van der Waals surface area (Å²) in [4.78, 5) is 4.06. The third-order valence-electron chi connectivity index (χ3n) is 2.60. The molecule has 0 bridgehead atoms. The van der Waals surface area contributed by atoms with Gasteiger partial charge in [0.25, 0.3) is 0 Å². The van der Waals surface area contributed by atoms with Gasteiger partial charge >= 0.3 is 0 Å². The number of hydrogen-bond donors (Lipinski definition) is 2. The normalized spacial score (nSPS) is 12.7. The molecule has 0 aromatic carbocycles. The van der Waals surface area contributed by atoms with E-state index in [-0.39, 0.29) is 6.61 Å². The number of aromatic nitrogens is 1. The summed E-state index contributed by atoms with van der Waals surface area (Å²) in [6, 6.07) is 4.01. The van der Waals surface area contributed by atoms with E-state index in [1.807, 2.05) is 12.3 Å². The Labute approximate surface area is 91.5 Å². The Morgan fingerprint density at radius 2 is 2.40 bits per heavy atom. The van der Waals surface area contributed by atoms with Crippen molar-refractivity contribution in [3.05, 3.63) is 30.1 Å². The van der Waals surface area contributed by atoms with Crippen molar-refractivity contribution in [3.63, 3.8) is 0 Å². The number of nitrogens with one attached hydrogen (secondary N) is 1. The molecule has 0 radical (unpaired) electrons. The zero-order valence-corrected chi connectivity index (χ0v) is 9.32. The molecule has 0 fully saturated rings. The Morgan fingerprint density at radius 3 is 3.00 bits per heavy atom. The Bertz CT molecular complexity index is 251. The van der Waals surface area contributed by atoms with Crippen molar-refractivity contribution in [2.75, 3.05) is 13.2 Å². The summed E-state index contributed by atoms with van der Waals surface area (Å²) in [5.41, 5.74) is 1.20. The van der Waals surface area contributed by atoms with Gasteiger partial charge in [-0.1, -0.05) is 19.4 Å². The van der Waals surface area contributed by atoms with Gasteiger partial charge in [-0.25, -0.2) is 0 Å². The molecule has 0 amide bonds. The van der Waals surface area contributed by atoms with Crippen LogP contribution < -0.4 is 5.32 Å². The molecule has 0 spiro atoms. The summed E-state index contributed by atoms with van der Waals surface area (Å²) in [7, 11) is 0. The Hall–Kier alpha value is -0.930. The van der Waals surface area contributed by atoms with E-state index in [9.17, 15) is 0 Å². The molecule has 0 saturated carbocycles. The van der Waals surface area contributed by atoms with Crippen LogP contribution in [0, 0.1) is 5.92 Å². The van der Waals surface area contributed by atoms with Crippen LogP contribution in [0.1, 0.15) is 25.3 Å². The fourth-order valence-corrected chi connectivity index (χ4v) is 1.56. The molecule has 0 aliphatic rings. The van der Waals surface area contributed by atoms with Crippen LogP contribution in [-0.2, 0) is 6.54 Å². The standard InChI is InChI=1S/C12H20N2O/c1-2-11(5-7-15)8-14-10-12-4-3-6-13-9-12/h3-4,6,9,11,14-15H,2,5,7-8,10H2,1H3. The molecule has 2 N–H and O–H groups in total. The predicted molar refractivity (Wildman–Crippen MR) is 61.4 cm³/mol. The summed E-state index contributed by atoms with van der Waals surface area (Å²) in [6.07, 6.45) is 5.65. The van der Waals surface area contributed by atoms with Gasteiger partial charge in [0, 0.05) is 25.5 Å². The number of aliphatic hydroxyl groups is 1. The predicted octanol–water partition coefficient (Wildman–Crippen LogP) is 1.58. The lowest BCUT2D eigenvalue weighted by Crippen LogP contribution is -2.22. The summed E-state index contributed by atoms with van der Waals surface area (Å²) in [5.74, 6) is 0.576. The fourth-order valence-electron chi connectivity index (χ4n) is 1.56. The topological polar surface area (TPSA) is 45.1 Å². The Balaban J connectivity index is 2.20. The maximum absolute atomic E-state index is 8.85. The lowest BCUT2D eigenvalue weighted by Gasteiger charge is -2.14. The van der Waals surface area contributed by atoms with Gasteiger partial charge in [0.1, 0.15) is 0 Å². The van der Waals surface area contributed by atoms with Crippen LogP contribution in [0.2, 0.25) is 0 Å². The molecule has 1 aromatic rings. The molecule has 3 heteroatoms. The van der Waals surface area contributed by atoms with Crippen LogP contribution >= 0.6 is 0 Å². The lowest BCUT2D eigenvalue weighted by molar-refractivity contribution is 0.251. The van der Waals surface area contributed by atoms with E-state index >= 15 is 0 Å². The first-order valence-electron chi connectivity index (χ1n) is 5.57. The maximum atomic E-state index is 8.85. The van der Waals surface area contributed by atoms with E-state index in [4.69, 9.17) is 5.11 Å². The summed E-state index contributed by atoms with van der Waals surface area (Å²) >= 11 is 0. The SMILES string of the molecule is CCC(CCO)CNCc1cccnc1. The Morgan fingerprint density at radius 1 is 1.53 bits per heavy atom. The highest BCUT2D eigenvalue weighted by Crippen LogP contribution is 2.06. The molecule has 0 saturated heterocycles. The smallest absolute Gasteiger partial charge is 0.0434 e.